The van der Waals surface area contributed by atoms with Crippen LogP contribution in [-0.4, -0.2) is 52.3 Å². The Balaban J connectivity index is 0.00000264. The summed E-state index contributed by atoms with van der Waals surface area (Å²) in [4.78, 5) is 14.1. The molecule has 0 saturated heterocycles. The summed E-state index contributed by atoms with van der Waals surface area (Å²) in [7, 11) is 6.95. The number of aryl methyl sites for hydroxylation is 1. The Morgan fingerprint density at radius 3 is 2.35 bits per heavy atom. The second-order valence-electron chi connectivity index (χ2n) is 5.20. The quantitative estimate of drug-likeness (QED) is 0.752. The molecule has 0 N–H and O–H groups in total. The van der Waals surface area contributed by atoms with Gasteiger partial charge in [-0.3, -0.25) is 0 Å². The van der Waals surface area contributed by atoms with Crippen LogP contribution in [-0.2, 0) is 4.74 Å². The third-order valence-corrected chi connectivity index (χ3v) is 3.40. The molecule has 0 aliphatic heterocycles. The molecule has 0 atom stereocenters. The van der Waals surface area contributed by atoms with Crippen LogP contribution in [0.15, 0.2) is 16.5 Å². The average molecular weight is 344 g/mol. The van der Waals surface area contributed by atoms with Gasteiger partial charge in [0, 0.05) is 23.6 Å². The van der Waals surface area contributed by atoms with Gasteiger partial charge in [-0.25, -0.2) is 4.79 Å². The number of esters is 1. The van der Waals surface area contributed by atoms with Crippen LogP contribution in [0, 0.1) is 6.92 Å². The fraction of sp³-hybridized carbons (Fsp3) is 0.438. The summed E-state index contributed by atoms with van der Waals surface area (Å²) in [6.45, 7) is 2.79. The summed E-state index contributed by atoms with van der Waals surface area (Å²) in [5.41, 5.74) is 1.29. The molecule has 128 valence electrons. The topological polar surface area (TPSA) is 61.1 Å². The molecule has 2 rings (SSSR count). The van der Waals surface area contributed by atoms with Crippen molar-refractivity contribution in [3.63, 3.8) is 0 Å². The Bertz CT molecular complexity index is 681. The van der Waals surface area contributed by atoms with Crippen molar-refractivity contribution in [2.45, 2.75) is 6.92 Å². The van der Waals surface area contributed by atoms with E-state index in [2.05, 4.69) is 0 Å². The zero-order valence-corrected chi connectivity index (χ0v) is 14.8. The van der Waals surface area contributed by atoms with Crippen LogP contribution < -0.4 is 9.47 Å². The summed E-state index contributed by atoms with van der Waals surface area (Å²) in [5.74, 6) is 0.889. The number of hydrogen-bond donors (Lipinski definition) is 0. The lowest BCUT2D eigenvalue weighted by atomic mass is 10.1. The van der Waals surface area contributed by atoms with Crippen molar-refractivity contribution in [1.29, 1.82) is 0 Å². The van der Waals surface area contributed by atoms with Gasteiger partial charge in [-0.2, -0.15) is 0 Å². The van der Waals surface area contributed by atoms with Crippen LogP contribution in [0.5, 0.6) is 11.5 Å². The summed E-state index contributed by atoms with van der Waals surface area (Å²) in [6.07, 6.45) is 0. The summed E-state index contributed by atoms with van der Waals surface area (Å²) in [5, 5.41) is 0.803. The van der Waals surface area contributed by atoms with Crippen molar-refractivity contribution in [2.75, 3.05) is 41.5 Å². The fourth-order valence-electron chi connectivity index (χ4n) is 2.13. The van der Waals surface area contributed by atoms with Crippen LogP contribution in [0.2, 0.25) is 0 Å². The number of fused-ring (bicyclic) bond motifs is 1. The summed E-state index contributed by atoms with van der Waals surface area (Å²) >= 11 is 0. The molecule has 0 amide bonds. The number of carbonyl (C=O) groups excluding carboxylic acids is 1. The van der Waals surface area contributed by atoms with Crippen molar-refractivity contribution in [1.82, 2.24) is 4.90 Å². The highest BCUT2D eigenvalue weighted by Crippen LogP contribution is 2.36. The zero-order valence-electron chi connectivity index (χ0n) is 14.0. The predicted octanol–water partition coefficient (Wildman–Crippen LogP) is 2.90. The highest BCUT2D eigenvalue weighted by Gasteiger charge is 2.21. The van der Waals surface area contributed by atoms with E-state index in [9.17, 15) is 4.79 Å². The molecule has 1 heterocycles. The SMILES string of the molecule is COc1cc2oc(C(=O)OCCN(C)C)c(C)c2cc1OC.Cl. The number of carbonyl (C=O) groups is 1. The maximum absolute atomic E-state index is 12.1. The van der Waals surface area contributed by atoms with Crippen molar-refractivity contribution in [3.8, 4) is 11.5 Å². The Morgan fingerprint density at radius 2 is 1.78 bits per heavy atom. The third-order valence-electron chi connectivity index (χ3n) is 3.40. The molecular weight excluding hydrogens is 322 g/mol. The van der Waals surface area contributed by atoms with Gasteiger partial charge in [0.05, 0.1) is 14.2 Å². The van der Waals surface area contributed by atoms with Crippen molar-refractivity contribution < 1.29 is 23.4 Å². The Kier molecular flexibility index (Phi) is 6.72. The first-order valence-corrected chi connectivity index (χ1v) is 6.95. The van der Waals surface area contributed by atoms with Gasteiger partial charge < -0.3 is 23.5 Å². The van der Waals surface area contributed by atoms with Crippen LogP contribution in [0.3, 0.4) is 0 Å². The number of likely N-dealkylation sites (N-methyl/N-ethyl adjacent to an activating group) is 1. The normalized spacial score (nSPS) is 10.5. The van der Waals surface area contributed by atoms with E-state index in [1.807, 2.05) is 25.9 Å². The largest absolute Gasteiger partial charge is 0.493 e. The van der Waals surface area contributed by atoms with Gasteiger partial charge in [0.1, 0.15) is 12.2 Å². The predicted molar refractivity (Wildman–Crippen MR) is 90.1 cm³/mol. The molecule has 7 heteroatoms. The van der Waals surface area contributed by atoms with Crippen molar-refractivity contribution in [2.24, 2.45) is 0 Å². The Labute approximate surface area is 141 Å². The monoisotopic (exact) mass is 343 g/mol. The van der Waals surface area contributed by atoms with Crippen LogP contribution in [0.25, 0.3) is 11.0 Å². The van der Waals surface area contributed by atoms with Crippen molar-refractivity contribution in [3.05, 3.63) is 23.5 Å². The molecule has 0 bridgehead atoms. The lowest BCUT2D eigenvalue weighted by Crippen LogP contribution is -2.20. The second kappa shape index (κ2) is 8.08. The summed E-state index contributed by atoms with van der Waals surface area (Å²) < 4.78 is 21.4. The maximum Gasteiger partial charge on any atom is 0.374 e. The number of nitrogens with zero attached hydrogens (tertiary/aromatic N) is 1. The number of ether oxygens (including phenoxy) is 3. The standard InChI is InChI=1S/C16H21NO5.ClH/c1-10-11-8-13(19-4)14(20-5)9-12(11)22-15(10)16(18)21-7-6-17(2)3;/h8-9H,6-7H2,1-5H3;1H. The number of halogens is 1. The van der Waals surface area contributed by atoms with E-state index in [0.717, 1.165) is 10.9 Å². The molecule has 1 aromatic heterocycles. The van der Waals surface area contributed by atoms with E-state index in [0.29, 0.717) is 30.2 Å². The average Bonchev–Trinajstić information content (AvgIpc) is 2.81. The number of hydrogen-bond acceptors (Lipinski definition) is 6. The lowest BCUT2D eigenvalue weighted by molar-refractivity contribution is 0.0447. The van der Waals surface area contributed by atoms with Gasteiger partial charge in [0.2, 0.25) is 5.76 Å². The molecule has 2 aromatic rings. The molecule has 0 aliphatic carbocycles. The van der Waals surface area contributed by atoms with E-state index in [1.165, 1.54) is 0 Å². The molecule has 6 nitrogen and oxygen atoms in total. The number of benzene rings is 1. The number of furan rings is 1. The fourth-order valence-corrected chi connectivity index (χ4v) is 2.13. The molecule has 0 aliphatic rings. The minimum Gasteiger partial charge on any atom is -0.493 e. The van der Waals surface area contributed by atoms with E-state index in [4.69, 9.17) is 18.6 Å². The zero-order chi connectivity index (χ0) is 16.3. The highest BCUT2D eigenvalue weighted by atomic mass is 35.5. The van der Waals surface area contributed by atoms with Crippen LogP contribution >= 0.6 is 12.4 Å². The molecule has 23 heavy (non-hydrogen) atoms. The van der Waals surface area contributed by atoms with Crippen molar-refractivity contribution >= 4 is 29.3 Å². The molecule has 0 saturated carbocycles. The maximum atomic E-state index is 12.1. The molecule has 0 fully saturated rings. The lowest BCUT2D eigenvalue weighted by Gasteiger charge is -2.09. The van der Waals surface area contributed by atoms with Gasteiger partial charge in [-0.05, 0) is 27.1 Å². The molecule has 0 spiro atoms. The van der Waals surface area contributed by atoms with Crippen LogP contribution in [0.1, 0.15) is 16.1 Å². The molecule has 1 aromatic carbocycles. The van der Waals surface area contributed by atoms with E-state index < -0.39 is 5.97 Å². The summed E-state index contributed by atoms with van der Waals surface area (Å²) in [6, 6.07) is 3.50. The second-order valence-corrected chi connectivity index (χ2v) is 5.20. The molecule has 0 unspecified atom stereocenters. The Hall–Kier alpha value is -1.92. The van der Waals surface area contributed by atoms with Gasteiger partial charge in [-0.1, -0.05) is 0 Å². The molecular formula is C16H22ClNO5. The van der Waals surface area contributed by atoms with E-state index in [-0.39, 0.29) is 18.2 Å². The first-order chi connectivity index (χ1) is 10.5. The van der Waals surface area contributed by atoms with Gasteiger partial charge in [0.25, 0.3) is 0 Å². The Morgan fingerprint density at radius 1 is 1.17 bits per heavy atom. The molecule has 0 radical (unpaired) electrons. The van der Waals surface area contributed by atoms with Gasteiger partial charge in [-0.15, -0.1) is 12.4 Å². The first-order valence-electron chi connectivity index (χ1n) is 6.95. The number of rotatable bonds is 6. The smallest absolute Gasteiger partial charge is 0.374 e. The minimum absolute atomic E-state index is 0. The van der Waals surface area contributed by atoms with E-state index in [1.54, 1.807) is 26.4 Å². The third kappa shape index (κ3) is 4.09. The van der Waals surface area contributed by atoms with Crippen LogP contribution in [0.4, 0.5) is 0 Å². The minimum atomic E-state index is -0.464. The highest BCUT2D eigenvalue weighted by molar-refractivity contribution is 5.96. The van der Waals surface area contributed by atoms with E-state index >= 15 is 0 Å². The van der Waals surface area contributed by atoms with Gasteiger partial charge >= 0.3 is 5.97 Å². The van der Waals surface area contributed by atoms with Gasteiger partial charge in [0.15, 0.2) is 11.5 Å². The first kappa shape index (κ1) is 19.1. The number of methoxy groups -OCH3 is 2.